The van der Waals surface area contributed by atoms with Gasteiger partial charge >= 0.3 is 21.9 Å². The van der Waals surface area contributed by atoms with Crippen LogP contribution in [-0.2, 0) is 16.1 Å². The number of hydrogen-bond donors (Lipinski definition) is 0. The fourth-order valence-electron chi connectivity index (χ4n) is 2.80. The molecule has 0 saturated heterocycles. The van der Waals surface area contributed by atoms with Crippen LogP contribution >= 0.6 is 10.2 Å². The summed E-state index contributed by atoms with van der Waals surface area (Å²) in [5.41, 5.74) is -1.18. The molecular weight excluding hydrogens is 459 g/mol. The normalized spacial score (nSPS) is 13.8. The molecule has 32 heavy (non-hydrogen) atoms. The summed E-state index contributed by atoms with van der Waals surface area (Å²) in [5, 5.41) is 0. The first-order chi connectivity index (χ1) is 14.6. The molecule has 12 heteroatoms. The van der Waals surface area contributed by atoms with Gasteiger partial charge in [-0.05, 0) is 50.5 Å². The topological polar surface area (TPSA) is 70.3 Å². The van der Waals surface area contributed by atoms with E-state index in [9.17, 15) is 33.8 Å². The average Bonchev–Trinajstić information content (AvgIpc) is 2.67. The summed E-state index contributed by atoms with van der Waals surface area (Å²) >= 11 is 0. The molecule has 0 aliphatic carbocycles. The summed E-state index contributed by atoms with van der Waals surface area (Å²) in [5.74, 6) is -0.477. The standard InChI is InChI=1S/C20H23F5N2O4S/c1-15(2)19(29)31-14-6-4-3-5-12-27-18(28)11-13-26(20(27)30)16-7-9-17(10-8-16)32(21,22,23,24)25/h7-11,13H,1,3-6,12,14H2,2H3. The minimum atomic E-state index is -9.82. The average molecular weight is 482 g/mol. The molecule has 6 nitrogen and oxygen atoms in total. The Balaban J connectivity index is 2.04. The number of esters is 1. The molecule has 0 radical (unpaired) electrons. The van der Waals surface area contributed by atoms with Gasteiger partial charge in [0.15, 0.2) is 0 Å². The first-order valence-electron chi connectivity index (χ1n) is 9.60. The van der Waals surface area contributed by atoms with Crippen LogP contribution in [0.3, 0.4) is 0 Å². The Labute approximate surface area is 180 Å². The highest BCUT2D eigenvalue weighted by molar-refractivity contribution is 8.45. The smallest absolute Gasteiger partial charge is 0.335 e. The van der Waals surface area contributed by atoms with Crippen LogP contribution in [0.4, 0.5) is 19.4 Å². The number of nitrogens with zero attached hydrogens (tertiary/aromatic N) is 2. The van der Waals surface area contributed by atoms with E-state index in [-0.39, 0.29) is 31.0 Å². The Morgan fingerprint density at radius 3 is 2.12 bits per heavy atom. The van der Waals surface area contributed by atoms with E-state index in [1.807, 2.05) is 0 Å². The van der Waals surface area contributed by atoms with E-state index in [2.05, 4.69) is 6.58 Å². The number of halogens is 5. The first-order valence-corrected chi connectivity index (χ1v) is 11.5. The molecule has 0 N–H and O–H groups in total. The highest BCUT2D eigenvalue weighted by Gasteiger charge is 2.65. The van der Waals surface area contributed by atoms with Gasteiger partial charge in [0.25, 0.3) is 5.56 Å². The van der Waals surface area contributed by atoms with Crippen molar-refractivity contribution < 1.29 is 29.0 Å². The zero-order valence-electron chi connectivity index (χ0n) is 17.2. The SMILES string of the molecule is C=C(C)C(=O)OCCCCCCn1c(=O)ccn(-c2ccc(S(F)(F)(F)(F)F)cc2)c1=O. The van der Waals surface area contributed by atoms with Crippen molar-refractivity contribution in [2.45, 2.75) is 44.0 Å². The second kappa shape index (κ2) is 8.57. The van der Waals surface area contributed by atoms with Gasteiger partial charge in [0, 0.05) is 24.4 Å². The number of rotatable bonds is 10. The summed E-state index contributed by atoms with van der Waals surface area (Å²) in [6.07, 6.45) is 3.42. The Morgan fingerprint density at radius 1 is 0.969 bits per heavy atom. The molecule has 1 heterocycles. The predicted molar refractivity (Wildman–Crippen MR) is 112 cm³/mol. The molecule has 178 valence electrons. The van der Waals surface area contributed by atoms with Gasteiger partial charge in [-0.15, -0.1) is 0 Å². The summed E-state index contributed by atoms with van der Waals surface area (Å²) in [6.45, 7) is 5.28. The molecular formula is C20H23F5N2O4S. The number of aromatic nitrogens is 2. The van der Waals surface area contributed by atoms with E-state index < -0.39 is 32.3 Å². The molecule has 1 aromatic carbocycles. The quantitative estimate of drug-likeness (QED) is 0.199. The number of unbranched alkanes of at least 4 members (excludes halogenated alkanes) is 3. The third kappa shape index (κ3) is 6.81. The Bertz CT molecular complexity index is 1120. The maximum absolute atomic E-state index is 12.9. The summed E-state index contributed by atoms with van der Waals surface area (Å²) in [4.78, 5) is 33.8. The van der Waals surface area contributed by atoms with Gasteiger partial charge in [-0.3, -0.25) is 13.9 Å². The van der Waals surface area contributed by atoms with Crippen molar-refractivity contribution in [2.75, 3.05) is 6.61 Å². The number of carbonyl (C=O) groups excluding carboxylic acids is 1. The monoisotopic (exact) mass is 482 g/mol. The van der Waals surface area contributed by atoms with E-state index in [1.54, 1.807) is 0 Å². The second-order valence-electron chi connectivity index (χ2n) is 7.25. The lowest BCUT2D eigenvalue weighted by Gasteiger charge is -2.40. The van der Waals surface area contributed by atoms with Gasteiger partial charge in [-0.1, -0.05) is 32.4 Å². The molecule has 2 rings (SSSR count). The van der Waals surface area contributed by atoms with Crippen molar-refractivity contribution in [3.8, 4) is 5.69 Å². The van der Waals surface area contributed by atoms with Crippen molar-refractivity contribution in [1.29, 1.82) is 0 Å². The van der Waals surface area contributed by atoms with E-state index in [0.717, 1.165) is 33.5 Å². The van der Waals surface area contributed by atoms with Gasteiger partial charge < -0.3 is 4.74 Å². The minimum absolute atomic E-state index is 0.0631. The summed E-state index contributed by atoms with van der Waals surface area (Å²) < 4.78 is 71.1. The van der Waals surface area contributed by atoms with Gasteiger partial charge in [-0.25, -0.2) is 9.59 Å². The zero-order chi connectivity index (χ0) is 24.2. The van der Waals surface area contributed by atoms with Crippen LogP contribution in [-0.4, -0.2) is 21.7 Å². The fourth-order valence-corrected chi connectivity index (χ4v) is 3.45. The summed E-state index contributed by atoms with van der Waals surface area (Å²) in [7, 11) is -9.82. The molecule has 0 saturated carbocycles. The van der Waals surface area contributed by atoms with Crippen molar-refractivity contribution in [2.24, 2.45) is 0 Å². The number of carbonyl (C=O) groups is 1. The molecule has 0 spiro atoms. The van der Waals surface area contributed by atoms with Crippen molar-refractivity contribution in [3.05, 3.63) is 69.5 Å². The zero-order valence-corrected chi connectivity index (χ0v) is 18.1. The second-order valence-corrected chi connectivity index (χ2v) is 9.66. The highest BCUT2D eigenvalue weighted by atomic mass is 32.5. The van der Waals surface area contributed by atoms with Gasteiger partial charge in [0.1, 0.15) is 4.90 Å². The van der Waals surface area contributed by atoms with Crippen LogP contribution in [0.2, 0.25) is 0 Å². The predicted octanol–water partition coefficient (Wildman–Crippen LogP) is 5.34. The molecule has 1 aromatic heterocycles. The Hall–Kier alpha value is -2.89. The molecule has 0 atom stereocenters. The third-order valence-electron chi connectivity index (χ3n) is 4.49. The molecule has 0 aliphatic rings. The maximum Gasteiger partial charge on any atom is 0.335 e. The van der Waals surface area contributed by atoms with Gasteiger partial charge in [0.05, 0.1) is 12.3 Å². The lowest BCUT2D eigenvalue weighted by molar-refractivity contribution is -0.139. The largest absolute Gasteiger partial charge is 0.462 e. The Kier molecular flexibility index (Phi) is 6.79. The third-order valence-corrected chi connectivity index (χ3v) is 5.65. The highest BCUT2D eigenvalue weighted by Crippen LogP contribution is 3.02. The number of benzene rings is 1. The van der Waals surface area contributed by atoms with E-state index in [0.29, 0.717) is 31.3 Å². The van der Waals surface area contributed by atoms with Crippen LogP contribution < -0.4 is 11.2 Å². The van der Waals surface area contributed by atoms with Crippen LogP contribution in [0.15, 0.2) is 63.2 Å². The molecule has 2 aromatic rings. The van der Waals surface area contributed by atoms with E-state index in [1.165, 1.54) is 6.92 Å². The lowest BCUT2D eigenvalue weighted by Crippen LogP contribution is -2.38. The molecule has 0 fully saturated rings. The van der Waals surface area contributed by atoms with Crippen LogP contribution in [0.5, 0.6) is 0 Å². The number of hydrogen-bond acceptors (Lipinski definition) is 4. The van der Waals surface area contributed by atoms with Gasteiger partial charge in [-0.2, -0.15) is 0 Å². The molecule has 0 amide bonds. The molecule has 0 bridgehead atoms. The first kappa shape index (κ1) is 25.4. The van der Waals surface area contributed by atoms with Crippen LogP contribution in [0, 0.1) is 0 Å². The van der Waals surface area contributed by atoms with Crippen molar-refractivity contribution in [3.63, 3.8) is 0 Å². The minimum Gasteiger partial charge on any atom is -0.462 e. The Morgan fingerprint density at radius 2 is 1.56 bits per heavy atom. The van der Waals surface area contributed by atoms with Crippen LogP contribution in [0.25, 0.3) is 5.69 Å². The van der Waals surface area contributed by atoms with Crippen molar-refractivity contribution in [1.82, 2.24) is 9.13 Å². The van der Waals surface area contributed by atoms with E-state index in [4.69, 9.17) is 4.74 Å². The fraction of sp³-hybridized carbons (Fsp3) is 0.350. The molecule has 0 aliphatic heterocycles. The van der Waals surface area contributed by atoms with Crippen LogP contribution in [0.1, 0.15) is 32.6 Å². The molecule has 0 unspecified atom stereocenters. The number of ether oxygens (including phenoxy) is 1. The lowest BCUT2D eigenvalue weighted by atomic mass is 10.2. The maximum atomic E-state index is 12.9. The van der Waals surface area contributed by atoms with Gasteiger partial charge in [0.2, 0.25) is 0 Å². The van der Waals surface area contributed by atoms with Crippen molar-refractivity contribution >= 4 is 16.2 Å². The summed E-state index contributed by atoms with van der Waals surface area (Å²) in [6, 6.07) is 2.97. The van der Waals surface area contributed by atoms with E-state index >= 15 is 0 Å².